The van der Waals surface area contributed by atoms with Crippen LogP contribution < -0.4 is 10.1 Å². The first-order valence-electron chi connectivity index (χ1n) is 11.9. The van der Waals surface area contributed by atoms with Crippen molar-refractivity contribution in [2.45, 2.75) is 29.6 Å². The van der Waals surface area contributed by atoms with Crippen LogP contribution in [0.1, 0.15) is 18.4 Å². The molecule has 0 spiro atoms. The molecule has 12 heteroatoms. The van der Waals surface area contributed by atoms with E-state index in [4.69, 9.17) is 4.74 Å². The monoisotopic (exact) mass is 536 g/mol. The summed E-state index contributed by atoms with van der Waals surface area (Å²) in [7, 11) is -5.14. The van der Waals surface area contributed by atoms with Gasteiger partial charge in [-0.25, -0.2) is 16.8 Å². The van der Waals surface area contributed by atoms with Crippen molar-refractivity contribution in [3.8, 4) is 5.75 Å². The molecule has 10 nitrogen and oxygen atoms in total. The van der Waals surface area contributed by atoms with Crippen molar-refractivity contribution >= 4 is 31.6 Å². The highest BCUT2D eigenvalue weighted by atomic mass is 32.2. The van der Waals surface area contributed by atoms with Crippen LogP contribution in [0.4, 0.5) is 5.69 Å². The van der Waals surface area contributed by atoms with Crippen LogP contribution in [0.3, 0.4) is 0 Å². The normalized spacial score (nSPS) is 18.3. The van der Waals surface area contributed by atoms with Gasteiger partial charge in [-0.2, -0.15) is 8.61 Å². The molecule has 2 aliphatic heterocycles. The number of hydrogen-bond donors (Lipinski definition) is 1. The molecule has 2 saturated heterocycles. The average molecular weight is 537 g/mol. The van der Waals surface area contributed by atoms with Crippen molar-refractivity contribution in [1.82, 2.24) is 13.5 Å². The van der Waals surface area contributed by atoms with Crippen LogP contribution in [0.2, 0.25) is 0 Å². The largest absolute Gasteiger partial charge is 0.483 e. The molecule has 0 aliphatic carbocycles. The number of likely N-dealkylation sites (N-methyl/N-ethyl adjacent to an activating group) is 1. The van der Waals surface area contributed by atoms with E-state index in [0.29, 0.717) is 56.3 Å². The van der Waals surface area contributed by atoms with E-state index in [9.17, 15) is 21.6 Å². The number of ether oxygens (including phenoxy) is 1. The van der Waals surface area contributed by atoms with Crippen LogP contribution in [0.25, 0.3) is 0 Å². The van der Waals surface area contributed by atoms with E-state index in [2.05, 4.69) is 10.2 Å². The molecule has 1 amide bonds. The van der Waals surface area contributed by atoms with E-state index in [1.165, 1.54) is 26.8 Å². The first-order chi connectivity index (χ1) is 17.1. The molecule has 4 rings (SSSR count). The number of anilines is 1. The number of carbonyl (C=O) groups is 1. The van der Waals surface area contributed by atoms with Crippen LogP contribution in [-0.2, 0) is 24.8 Å². The number of benzene rings is 2. The molecule has 196 valence electrons. The maximum absolute atomic E-state index is 12.8. The molecular formula is C24H32N4O6S2. The van der Waals surface area contributed by atoms with Crippen molar-refractivity contribution in [2.24, 2.45) is 0 Å². The molecule has 0 bridgehead atoms. The van der Waals surface area contributed by atoms with Gasteiger partial charge in [0.2, 0.25) is 20.0 Å². The zero-order chi connectivity index (χ0) is 25.9. The van der Waals surface area contributed by atoms with E-state index in [-0.39, 0.29) is 16.4 Å². The van der Waals surface area contributed by atoms with E-state index in [1.54, 1.807) is 31.2 Å². The van der Waals surface area contributed by atoms with E-state index < -0.39 is 26.0 Å². The second-order valence-corrected chi connectivity index (χ2v) is 13.0. The molecule has 36 heavy (non-hydrogen) atoms. The van der Waals surface area contributed by atoms with Gasteiger partial charge in [-0.3, -0.25) is 4.79 Å². The maximum atomic E-state index is 12.8. The van der Waals surface area contributed by atoms with Gasteiger partial charge >= 0.3 is 0 Å². The minimum Gasteiger partial charge on any atom is -0.483 e. The summed E-state index contributed by atoms with van der Waals surface area (Å²) in [5.41, 5.74) is 1.06. The smallest absolute Gasteiger partial charge is 0.262 e. The van der Waals surface area contributed by atoms with Crippen LogP contribution in [0.15, 0.2) is 52.3 Å². The van der Waals surface area contributed by atoms with Crippen molar-refractivity contribution < 1.29 is 26.4 Å². The summed E-state index contributed by atoms with van der Waals surface area (Å²) in [5.74, 6) is -0.00280. The topological polar surface area (TPSA) is 116 Å². The van der Waals surface area contributed by atoms with Gasteiger partial charge in [-0.15, -0.1) is 0 Å². The predicted molar refractivity (Wildman–Crippen MR) is 136 cm³/mol. The fourth-order valence-corrected chi connectivity index (χ4v) is 7.27. The zero-order valence-corrected chi connectivity index (χ0v) is 22.1. The third-order valence-corrected chi connectivity index (χ3v) is 10.3. The maximum Gasteiger partial charge on any atom is 0.262 e. The zero-order valence-electron chi connectivity index (χ0n) is 20.5. The quantitative estimate of drug-likeness (QED) is 0.546. The minimum absolute atomic E-state index is 0.181. The lowest BCUT2D eigenvalue weighted by atomic mass is 10.2. The molecule has 2 heterocycles. The Morgan fingerprint density at radius 1 is 0.833 bits per heavy atom. The summed E-state index contributed by atoms with van der Waals surface area (Å²) < 4.78 is 59.7. The summed E-state index contributed by atoms with van der Waals surface area (Å²) in [5, 5.41) is 2.69. The Kier molecular flexibility index (Phi) is 8.00. The molecular weight excluding hydrogens is 504 g/mol. The number of carbonyl (C=O) groups excluding carboxylic acids is 1. The number of rotatable bonds is 8. The highest BCUT2D eigenvalue weighted by Crippen LogP contribution is 2.26. The van der Waals surface area contributed by atoms with E-state index >= 15 is 0 Å². The lowest BCUT2D eigenvalue weighted by Crippen LogP contribution is -2.46. The van der Waals surface area contributed by atoms with Crippen molar-refractivity contribution in [3.05, 3.63) is 48.0 Å². The summed E-state index contributed by atoms with van der Waals surface area (Å²) in [4.78, 5) is 14.9. The lowest BCUT2D eigenvalue weighted by Gasteiger charge is -2.31. The molecule has 1 N–H and O–H groups in total. The molecule has 0 aromatic heterocycles. The van der Waals surface area contributed by atoms with Crippen LogP contribution in [0.5, 0.6) is 5.75 Å². The van der Waals surface area contributed by atoms with Gasteiger partial charge in [0.25, 0.3) is 5.91 Å². The molecule has 2 aliphatic rings. The molecule has 0 radical (unpaired) electrons. The molecule has 2 fully saturated rings. The number of sulfonamides is 2. The summed E-state index contributed by atoms with van der Waals surface area (Å²) >= 11 is 0. The average Bonchev–Trinajstić information content (AvgIpc) is 3.40. The van der Waals surface area contributed by atoms with Gasteiger partial charge in [0.15, 0.2) is 6.61 Å². The second kappa shape index (κ2) is 10.9. The minimum atomic E-state index is -3.58. The molecule has 2 aromatic rings. The number of nitrogens with one attached hydrogen (secondary N) is 1. The number of amides is 1. The fraction of sp³-hybridized carbons (Fsp3) is 0.458. The standard InChI is InChI=1S/C24H32N4O6S2/c1-19-17-22(36(32,33)27-11-3-4-12-27)9-10-23(19)34-18-24(29)25-20-5-7-21(8-6-20)35(30,31)28-15-13-26(2)14-16-28/h5-10,17H,3-4,11-16,18H2,1-2H3,(H,25,29). The van der Waals surface area contributed by atoms with E-state index in [1.807, 2.05) is 7.05 Å². The highest BCUT2D eigenvalue weighted by Gasteiger charge is 2.28. The predicted octanol–water partition coefficient (Wildman–Crippen LogP) is 1.73. The number of hydrogen-bond acceptors (Lipinski definition) is 7. The number of aryl methyl sites for hydroxylation is 1. The first-order valence-corrected chi connectivity index (χ1v) is 14.8. The summed E-state index contributed by atoms with van der Waals surface area (Å²) in [6.45, 7) is 4.77. The van der Waals surface area contributed by atoms with Crippen LogP contribution in [-0.4, -0.2) is 89.2 Å². The van der Waals surface area contributed by atoms with Crippen LogP contribution in [0, 0.1) is 6.92 Å². The van der Waals surface area contributed by atoms with E-state index in [0.717, 1.165) is 12.8 Å². The summed E-state index contributed by atoms with van der Waals surface area (Å²) in [6.07, 6.45) is 1.73. The van der Waals surface area contributed by atoms with Gasteiger partial charge in [0.05, 0.1) is 9.79 Å². The van der Waals surface area contributed by atoms with Crippen molar-refractivity contribution in [2.75, 3.05) is 58.2 Å². The van der Waals surface area contributed by atoms with Gasteiger partial charge < -0.3 is 15.0 Å². The Hall–Kier alpha value is -2.51. The van der Waals surface area contributed by atoms with Crippen molar-refractivity contribution in [1.29, 1.82) is 0 Å². The first kappa shape index (κ1) is 26.6. The third kappa shape index (κ3) is 5.89. The summed E-state index contributed by atoms with van der Waals surface area (Å²) in [6, 6.07) is 10.7. The Bertz CT molecular complexity index is 1300. The SMILES string of the molecule is Cc1cc(S(=O)(=O)N2CCCC2)ccc1OCC(=O)Nc1ccc(S(=O)(=O)N2CCN(C)CC2)cc1. The van der Waals surface area contributed by atoms with Gasteiger partial charge in [0, 0.05) is 45.0 Å². The van der Waals surface area contributed by atoms with Gasteiger partial charge in [-0.05, 0) is 74.8 Å². The fourth-order valence-electron chi connectivity index (χ4n) is 4.25. The Labute approximate surface area is 212 Å². The van der Waals surface area contributed by atoms with Gasteiger partial charge in [0.1, 0.15) is 5.75 Å². The van der Waals surface area contributed by atoms with Crippen molar-refractivity contribution in [3.63, 3.8) is 0 Å². The van der Waals surface area contributed by atoms with Crippen LogP contribution >= 0.6 is 0 Å². The second-order valence-electron chi connectivity index (χ2n) is 9.11. The molecule has 2 aromatic carbocycles. The lowest BCUT2D eigenvalue weighted by molar-refractivity contribution is -0.118. The molecule has 0 unspecified atom stereocenters. The Morgan fingerprint density at radius 3 is 2.00 bits per heavy atom. The van der Waals surface area contributed by atoms with Gasteiger partial charge in [-0.1, -0.05) is 0 Å². The Balaban J connectivity index is 1.33. The highest BCUT2D eigenvalue weighted by molar-refractivity contribution is 7.89. The number of piperazine rings is 1. The number of nitrogens with zero attached hydrogens (tertiary/aromatic N) is 3. The molecule has 0 atom stereocenters. The Morgan fingerprint density at radius 2 is 1.39 bits per heavy atom. The third-order valence-electron chi connectivity index (χ3n) is 6.45. The molecule has 0 saturated carbocycles.